The molecule has 3 aromatic heterocycles. The van der Waals surface area contributed by atoms with Crippen molar-refractivity contribution in [2.75, 3.05) is 0 Å². The third kappa shape index (κ3) is 3.57. The van der Waals surface area contributed by atoms with Gasteiger partial charge in [-0.05, 0) is 32.0 Å². The third-order valence-electron chi connectivity index (χ3n) is 3.91. The molecule has 0 atom stereocenters. The smallest absolute Gasteiger partial charge is 0.192 e. The van der Waals surface area contributed by atoms with Gasteiger partial charge in [-0.1, -0.05) is 40.7 Å². The molecule has 0 bridgehead atoms. The molecule has 0 N–H and O–H groups in total. The van der Waals surface area contributed by atoms with Crippen LogP contribution < -0.4 is 0 Å². The number of benzene rings is 1. The maximum atomic E-state index is 5.53. The van der Waals surface area contributed by atoms with Crippen molar-refractivity contribution in [2.24, 2.45) is 0 Å². The minimum atomic E-state index is 0.570. The normalized spacial score (nSPS) is 11.2. The van der Waals surface area contributed by atoms with Gasteiger partial charge < -0.3 is 8.94 Å². The number of aryl methyl sites for hydroxylation is 2. The van der Waals surface area contributed by atoms with Crippen LogP contribution in [0.25, 0.3) is 11.4 Å². The van der Waals surface area contributed by atoms with Gasteiger partial charge in [-0.2, -0.15) is 0 Å². The number of hydrogen-bond donors (Lipinski definition) is 0. The summed E-state index contributed by atoms with van der Waals surface area (Å²) in [6.45, 7) is 4.55. The molecule has 0 spiro atoms. The summed E-state index contributed by atoms with van der Waals surface area (Å²) in [5, 5.41) is 13.6. The van der Waals surface area contributed by atoms with Crippen molar-refractivity contribution in [2.45, 2.75) is 31.3 Å². The molecule has 26 heavy (non-hydrogen) atoms. The van der Waals surface area contributed by atoms with Gasteiger partial charge in [-0.25, -0.2) is 0 Å². The fourth-order valence-corrected chi connectivity index (χ4v) is 3.53. The molecule has 0 saturated heterocycles. The lowest BCUT2D eigenvalue weighted by Crippen LogP contribution is -2.03. The molecule has 0 amide bonds. The lowest BCUT2D eigenvalue weighted by molar-refractivity contribution is 0.391. The average molecular weight is 366 g/mol. The van der Waals surface area contributed by atoms with Crippen LogP contribution in [0.1, 0.15) is 22.8 Å². The predicted octanol–water partition coefficient (Wildman–Crippen LogP) is 4.48. The first-order valence-electron chi connectivity index (χ1n) is 8.26. The zero-order valence-electron chi connectivity index (χ0n) is 14.5. The SMILES string of the molecule is Cc1cccc(-c2nnc(SCc3cc(C)no3)n2Cc2ccco2)c1. The minimum absolute atomic E-state index is 0.570. The second kappa shape index (κ2) is 7.21. The highest BCUT2D eigenvalue weighted by Crippen LogP contribution is 2.28. The average Bonchev–Trinajstić information content (AvgIpc) is 3.36. The van der Waals surface area contributed by atoms with Crippen molar-refractivity contribution >= 4 is 11.8 Å². The van der Waals surface area contributed by atoms with E-state index in [2.05, 4.69) is 39.0 Å². The van der Waals surface area contributed by atoms with Crippen molar-refractivity contribution in [3.05, 3.63) is 71.5 Å². The summed E-state index contributed by atoms with van der Waals surface area (Å²) in [6, 6.07) is 14.0. The third-order valence-corrected chi connectivity index (χ3v) is 4.90. The molecule has 0 aliphatic heterocycles. The van der Waals surface area contributed by atoms with E-state index < -0.39 is 0 Å². The largest absolute Gasteiger partial charge is 0.467 e. The van der Waals surface area contributed by atoms with Gasteiger partial charge in [-0.15, -0.1) is 10.2 Å². The molecule has 0 saturated carbocycles. The Morgan fingerprint density at radius 3 is 2.69 bits per heavy atom. The lowest BCUT2D eigenvalue weighted by atomic mass is 10.1. The van der Waals surface area contributed by atoms with E-state index in [1.807, 2.05) is 37.3 Å². The Morgan fingerprint density at radius 2 is 1.96 bits per heavy atom. The van der Waals surface area contributed by atoms with Crippen LogP contribution in [0.3, 0.4) is 0 Å². The van der Waals surface area contributed by atoms with Gasteiger partial charge in [0.1, 0.15) is 11.5 Å². The second-order valence-corrected chi connectivity index (χ2v) is 7.01. The topological polar surface area (TPSA) is 69.9 Å². The van der Waals surface area contributed by atoms with E-state index in [0.717, 1.165) is 33.8 Å². The molecule has 0 radical (unpaired) electrons. The number of thioether (sulfide) groups is 1. The number of rotatable bonds is 6. The summed E-state index contributed by atoms with van der Waals surface area (Å²) < 4.78 is 12.9. The highest BCUT2D eigenvalue weighted by molar-refractivity contribution is 7.98. The van der Waals surface area contributed by atoms with Crippen LogP contribution in [0.4, 0.5) is 0 Å². The van der Waals surface area contributed by atoms with E-state index in [0.29, 0.717) is 12.3 Å². The van der Waals surface area contributed by atoms with Gasteiger partial charge in [0.05, 0.1) is 24.3 Å². The quantitative estimate of drug-likeness (QED) is 0.469. The molecule has 132 valence electrons. The summed E-state index contributed by atoms with van der Waals surface area (Å²) in [4.78, 5) is 0. The molecule has 4 rings (SSSR count). The van der Waals surface area contributed by atoms with Crippen LogP contribution in [0, 0.1) is 13.8 Å². The number of hydrogen-bond acceptors (Lipinski definition) is 6. The van der Waals surface area contributed by atoms with Crippen LogP contribution >= 0.6 is 11.8 Å². The van der Waals surface area contributed by atoms with Crippen molar-refractivity contribution in [1.82, 2.24) is 19.9 Å². The van der Waals surface area contributed by atoms with Crippen molar-refractivity contribution < 1.29 is 8.94 Å². The van der Waals surface area contributed by atoms with Gasteiger partial charge in [0.2, 0.25) is 0 Å². The molecular weight excluding hydrogens is 348 g/mol. The Morgan fingerprint density at radius 1 is 1.04 bits per heavy atom. The van der Waals surface area contributed by atoms with E-state index in [9.17, 15) is 0 Å². The summed E-state index contributed by atoms with van der Waals surface area (Å²) in [7, 11) is 0. The first kappa shape index (κ1) is 16.7. The molecular formula is C19H18N4O2S. The minimum Gasteiger partial charge on any atom is -0.467 e. The maximum absolute atomic E-state index is 5.53. The van der Waals surface area contributed by atoms with E-state index in [1.165, 1.54) is 5.56 Å². The molecule has 1 aromatic carbocycles. The van der Waals surface area contributed by atoms with Crippen LogP contribution in [0.2, 0.25) is 0 Å². The Balaban J connectivity index is 1.66. The fourth-order valence-electron chi connectivity index (χ4n) is 2.71. The molecule has 0 unspecified atom stereocenters. The fraction of sp³-hybridized carbons (Fsp3) is 0.211. The molecule has 0 fully saturated rings. The molecule has 0 aliphatic rings. The van der Waals surface area contributed by atoms with E-state index in [4.69, 9.17) is 8.94 Å². The number of aromatic nitrogens is 4. The predicted molar refractivity (Wildman–Crippen MR) is 98.8 cm³/mol. The summed E-state index contributed by atoms with van der Waals surface area (Å²) in [5.41, 5.74) is 3.09. The molecule has 6 nitrogen and oxygen atoms in total. The van der Waals surface area contributed by atoms with Gasteiger partial charge in [0.25, 0.3) is 0 Å². The Hall–Kier alpha value is -2.80. The van der Waals surface area contributed by atoms with E-state index in [1.54, 1.807) is 18.0 Å². The standard InChI is InChI=1S/C19H18N4O2S/c1-13-5-3-6-15(9-13)18-20-21-19(23(18)11-16-7-4-8-24-16)26-12-17-10-14(2)22-25-17/h3-10H,11-12H2,1-2H3. The monoisotopic (exact) mass is 366 g/mol. The van der Waals surface area contributed by atoms with Gasteiger partial charge in [-0.3, -0.25) is 4.57 Å². The van der Waals surface area contributed by atoms with E-state index in [-0.39, 0.29) is 0 Å². The first-order chi connectivity index (χ1) is 12.7. The van der Waals surface area contributed by atoms with Crippen LogP contribution in [-0.2, 0) is 12.3 Å². The Labute approximate surface area is 155 Å². The summed E-state index contributed by atoms with van der Waals surface area (Å²) in [6.07, 6.45) is 1.68. The lowest BCUT2D eigenvalue weighted by Gasteiger charge is -2.09. The first-order valence-corrected chi connectivity index (χ1v) is 9.25. The number of furan rings is 1. The van der Waals surface area contributed by atoms with Crippen LogP contribution in [0.5, 0.6) is 0 Å². The second-order valence-electron chi connectivity index (χ2n) is 6.06. The zero-order valence-corrected chi connectivity index (χ0v) is 15.4. The van der Waals surface area contributed by atoms with E-state index >= 15 is 0 Å². The van der Waals surface area contributed by atoms with Crippen LogP contribution in [0.15, 0.2) is 62.8 Å². The van der Waals surface area contributed by atoms with Crippen molar-refractivity contribution in [3.63, 3.8) is 0 Å². The van der Waals surface area contributed by atoms with Gasteiger partial charge >= 0.3 is 0 Å². The zero-order chi connectivity index (χ0) is 17.9. The van der Waals surface area contributed by atoms with Crippen molar-refractivity contribution in [3.8, 4) is 11.4 Å². The van der Waals surface area contributed by atoms with Gasteiger partial charge in [0.15, 0.2) is 11.0 Å². The summed E-state index contributed by atoms with van der Waals surface area (Å²) in [5.74, 6) is 3.14. The molecule has 7 heteroatoms. The highest BCUT2D eigenvalue weighted by Gasteiger charge is 2.16. The molecule has 3 heterocycles. The van der Waals surface area contributed by atoms with Crippen molar-refractivity contribution in [1.29, 1.82) is 0 Å². The number of nitrogens with zero attached hydrogens (tertiary/aromatic N) is 4. The molecule has 4 aromatic rings. The Bertz CT molecular complexity index is 1000. The van der Waals surface area contributed by atoms with Gasteiger partial charge in [0, 0.05) is 11.6 Å². The maximum Gasteiger partial charge on any atom is 0.192 e. The molecule has 0 aliphatic carbocycles. The Kier molecular flexibility index (Phi) is 4.62. The summed E-state index contributed by atoms with van der Waals surface area (Å²) >= 11 is 1.57. The highest BCUT2D eigenvalue weighted by atomic mass is 32.2. The van der Waals surface area contributed by atoms with Crippen LogP contribution in [-0.4, -0.2) is 19.9 Å².